The van der Waals surface area contributed by atoms with Gasteiger partial charge in [-0.3, -0.25) is 4.79 Å². The molecule has 0 unspecified atom stereocenters. The Morgan fingerprint density at radius 3 is 1.83 bits per heavy atom. The number of carboxylic acids is 1. The van der Waals surface area contributed by atoms with E-state index < -0.39 is 64.1 Å². The molecule has 16 heteroatoms. The largest absolute Gasteiger partial charge is 0.478 e. The molecule has 42 heavy (non-hydrogen) atoms. The van der Waals surface area contributed by atoms with Crippen LogP contribution in [0.15, 0.2) is 66.9 Å². The predicted octanol–water partition coefficient (Wildman–Crippen LogP) is 8.36. The maximum Gasteiger partial charge on any atom is 0.416 e. The normalized spacial score (nSPS) is 11.6. The summed E-state index contributed by atoms with van der Waals surface area (Å²) in [6.07, 6.45) is -8.54. The molecule has 0 aliphatic heterocycles. The molecule has 8 nitrogen and oxygen atoms in total. The summed E-state index contributed by atoms with van der Waals surface area (Å²) in [4.78, 5) is 32.4. The lowest BCUT2D eigenvalue weighted by atomic mass is 10.1. The van der Waals surface area contributed by atoms with Crippen LogP contribution < -0.4 is 14.8 Å². The minimum atomic E-state index is -4.74. The summed E-state index contributed by atoms with van der Waals surface area (Å²) in [5.74, 6) is -3.94. The number of hydrogen-bond donors (Lipinski definition) is 2. The fourth-order valence-electron chi connectivity index (χ4n) is 3.35. The number of benzene rings is 3. The van der Waals surface area contributed by atoms with Gasteiger partial charge in [0.2, 0.25) is 5.88 Å². The second-order valence-electron chi connectivity index (χ2n) is 8.20. The van der Waals surface area contributed by atoms with Crippen LogP contribution in [0.4, 0.5) is 32.0 Å². The van der Waals surface area contributed by atoms with Crippen molar-refractivity contribution in [3.8, 4) is 23.4 Å². The number of halogens is 8. The molecule has 0 aliphatic carbocycles. The van der Waals surface area contributed by atoms with E-state index in [4.69, 9.17) is 32.7 Å². The second-order valence-corrected chi connectivity index (χ2v) is 9.01. The van der Waals surface area contributed by atoms with E-state index in [-0.39, 0.29) is 21.5 Å². The first kappa shape index (κ1) is 30.4. The third-order valence-electron chi connectivity index (χ3n) is 5.26. The van der Waals surface area contributed by atoms with Gasteiger partial charge in [0.15, 0.2) is 0 Å². The highest BCUT2D eigenvalue weighted by molar-refractivity contribution is 6.42. The zero-order valence-electron chi connectivity index (χ0n) is 20.3. The zero-order chi connectivity index (χ0) is 30.8. The number of carbonyl (C=O) groups excluding carboxylic acids is 1. The van der Waals surface area contributed by atoms with E-state index in [1.54, 1.807) is 0 Å². The Morgan fingerprint density at radius 1 is 0.786 bits per heavy atom. The third-order valence-corrected chi connectivity index (χ3v) is 5.98. The average Bonchev–Trinajstić information content (AvgIpc) is 2.90. The summed E-state index contributed by atoms with van der Waals surface area (Å²) < 4.78 is 89.7. The highest BCUT2D eigenvalue weighted by Crippen LogP contribution is 2.36. The van der Waals surface area contributed by atoms with Crippen molar-refractivity contribution in [2.24, 2.45) is 0 Å². The van der Waals surface area contributed by atoms with Crippen molar-refractivity contribution in [2.75, 3.05) is 5.32 Å². The van der Waals surface area contributed by atoms with Gasteiger partial charge >= 0.3 is 24.3 Å². The summed E-state index contributed by atoms with van der Waals surface area (Å²) in [5.41, 5.74) is -3.49. The number of aromatic nitrogens is 2. The molecule has 218 valence electrons. The molecule has 4 aromatic rings. The number of nitrogens with one attached hydrogen (secondary N) is 1. The van der Waals surface area contributed by atoms with Crippen LogP contribution in [0.1, 0.15) is 31.8 Å². The first-order chi connectivity index (χ1) is 19.6. The lowest BCUT2D eigenvalue weighted by Gasteiger charge is -2.15. The van der Waals surface area contributed by atoms with E-state index in [0.717, 1.165) is 48.7 Å². The highest BCUT2D eigenvalue weighted by atomic mass is 35.5. The summed E-state index contributed by atoms with van der Waals surface area (Å²) in [6, 6.07) is 8.56. The van der Waals surface area contributed by atoms with Crippen molar-refractivity contribution in [3.05, 3.63) is 99.2 Å². The topological polar surface area (TPSA) is 111 Å². The molecule has 1 amide bonds. The zero-order valence-corrected chi connectivity index (χ0v) is 21.9. The van der Waals surface area contributed by atoms with Crippen molar-refractivity contribution in [1.82, 2.24) is 9.97 Å². The summed E-state index contributed by atoms with van der Waals surface area (Å²) in [7, 11) is 0. The van der Waals surface area contributed by atoms with E-state index in [1.165, 1.54) is 6.07 Å². The van der Waals surface area contributed by atoms with Crippen LogP contribution in [-0.2, 0) is 12.4 Å². The van der Waals surface area contributed by atoms with Crippen molar-refractivity contribution < 1.29 is 50.5 Å². The van der Waals surface area contributed by atoms with Crippen LogP contribution in [0.5, 0.6) is 23.4 Å². The molecule has 1 aromatic heterocycles. The molecular formula is C26H13Cl2F6N3O5. The molecule has 0 aliphatic rings. The smallest absolute Gasteiger partial charge is 0.416 e. The maximum atomic E-state index is 13.2. The Hall–Kier alpha value is -4.56. The SMILES string of the molecule is O=C(O)c1cc(Cl)c(Cl)cc1C(=O)Nc1cnc(Oc2cccc(C(F)(F)F)c2)nc1Oc1cccc(C(F)(F)F)c1. The number of aromatic carboxylic acids is 1. The molecule has 3 aromatic carbocycles. The minimum absolute atomic E-state index is 0.154. The van der Waals surface area contributed by atoms with Crippen LogP contribution >= 0.6 is 23.2 Å². The van der Waals surface area contributed by atoms with Gasteiger partial charge in [0, 0.05) is 0 Å². The van der Waals surface area contributed by atoms with E-state index in [0.29, 0.717) is 12.1 Å². The quantitative estimate of drug-likeness (QED) is 0.197. The molecule has 0 saturated carbocycles. The molecule has 4 rings (SSSR count). The van der Waals surface area contributed by atoms with Gasteiger partial charge in [-0.05, 0) is 48.5 Å². The van der Waals surface area contributed by atoms with Crippen molar-refractivity contribution in [1.29, 1.82) is 0 Å². The van der Waals surface area contributed by atoms with Gasteiger partial charge in [0.1, 0.15) is 17.2 Å². The second kappa shape index (κ2) is 11.7. The van der Waals surface area contributed by atoms with Gasteiger partial charge in [-0.25, -0.2) is 9.78 Å². The van der Waals surface area contributed by atoms with Gasteiger partial charge in [-0.1, -0.05) is 35.3 Å². The monoisotopic (exact) mass is 631 g/mol. The Bertz CT molecular complexity index is 1680. The summed E-state index contributed by atoms with van der Waals surface area (Å²) >= 11 is 11.8. The minimum Gasteiger partial charge on any atom is -0.478 e. The molecule has 1 heterocycles. The lowest BCUT2D eigenvalue weighted by molar-refractivity contribution is -0.138. The maximum absolute atomic E-state index is 13.2. The molecular weight excluding hydrogens is 619 g/mol. The number of alkyl halides is 6. The standard InChI is InChI=1S/C26H13Cl2F6N3O5/c27-18-9-16(17(23(39)40)10-19(18)28)21(38)36-20-11-35-24(42-15-6-2-4-13(8-15)26(32,33)34)37-22(20)41-14-5-1-3-12(7-14)25(29,30)31/h1-11H,(H,36,38)(H,39,40). The van der Waals surface area contributed by atoms with Gasteiger partial charge in [-0.2, -0.15) is 31.3 Å². The molecule has 0 fully saturated rings. The average molecular weight is 632 g/mol. The van der Waals surface area contributed by atoms with Gasteiger partial charge in [0.25, 0.3) is 5.91 Å². The van der Waals surface area contributed by atoms with Crippen LogP contribution in [0, 0.1) is 0 Å². The van der Waals surface area contributed by atoms with Crippen LogP contribution in [0.2, 0.25) is 10.0 Å². The third kappa shape index (κ3) is 7.19. The number of carboxylic acid groups (broad SMARTS) is 1. The number of anilines is 1. The fraction of sp³-hybridized carbons (Fsp3) is 0.0769. The highest BCUT2D eigenvalue weighted by Gasteiger charge is 2.32. The van der Waals surface area contributed by atoms with Crippen molar-refractivity contribution in [3.63, 3.8) is 0 Å². The summed E-state index contributed by atoms with van der Waals surface area (Å²) in [6.45, 7) is 0. The van der Waals surface area contributed by atoms with Crippen molar-refractivity contribution >= 4 is 40.8 Å². The fourth-order valence-corrected chi connectivity index (χ4v) is 3.68. The number of ether oxygens (including phenoxy) is 2. The molecule has 2 N–H and O–H groups in total. The van der Waals surface area contributed by atoms with Crippen LogP contribution in [-0.4, -0.2) is 27.0 Å². The number of nitrogens with zero attached hydrogens (tertiary/aromatic N) is 2. The predicted molar refractivity (Wildman–Crippen MR) is 136 cm³/mol. The van der Waals surface area contributed by atoms with E-state index in [1.807, 2.05) is 0 Å². The molecule has 0 saturated heterocycles. The molecule has 0 radical (unpaired) electrons. The first-order valence-electron chi connectivity index (χ1n) is 11.2. The number of rotatable bonds is 7. The molecule has 0 atom stereocenters. The van der Waals surface area contributed by atoms with Crippen LogP contribution in [0.25, 0.3) is 0 Å². The Balaban J connectivity index is 1.73. The van der Waals surface area contributed by atoms with Gasteiger partial charge < -0.3 is 19.9 Å². The van der Waals surface area contributed by atoms with E-state index in [2.05, 4.69) is 15.3 Å². The Labute approximate surface area is 241 Å². The molecule has 0 bridgehead atoms. The summed E-state index contributed by atoms with van der Waals surface area (Å²) in [5, 5.41) is 11.4. The number of amides is 1. The van der Waals surface area contributed by atoms with Gasteiger partial charge in [0.05, 0.1) is 38.5 Å². The van der Waals surface area contributed by atoms with Crippen LogP contribution in [0.3, 0.4) is 0 Å². The first-order valence-corrected chi connectivity index (χ1v) is 12.0. The van der Waals surface area contributed by atoms with E-state index >= 15 is 0 Å². The Morgan fingerprint density at radius 2 is 1.31 bits per heavy atom. The molecule has 0 spiro atoms. The number of hydrogen-bond acceptors (Lipinski definition) is 6. The Kier molecular flexibility index (Phi) is 8.50. The number of carbonyl (C=O) groups is 2. The van der Waals surface area contributed by atoms with E-state index in [9.17, 15) is 41.0 Å². The van der Waals surface area contributed by atoms with Crippen molar-refractivity contribution in [2.45, 2.75) is 12.4 Å². The lowest BCUT2D eigenvalue weighted by Crippen LogP contribution is -2.17. The van der Waals surface area contributed by atoms with Gasteiger partial charge in [-0.15, -0.1) is 0 Å².